The third kappa shape index (κ3) is 7.22. The molecule has 0 aliphatic carbocycles. The number of hydrogen-bond donors (Lipinski definition) is 0. The van der Waals surface area contributed by atoms with Crippen LogP contribution in [0.1, 0.15) is 122 Å². The summed E-state index contributed by atoms with van der Waals surface area (Å²) in [6.07, 6.45) is -4.71. The van der Waals surface area contributed by atoms with Crippen LogP contribution in [0.3, 0.4) is 0 Å². The third-order valence-electron chi connectivity index (χ3n) is 12.4. The van der Waals surface area contributed by atoms with Gasteiger partial charge in [0.25, 0.3) is 0 Å². The molecule has 0 radical (unpaired) electrons. The molecule has 4 nitrogen and oxygen atoms in total. The molecule has 0 N–H and O–H groups in total. The van der Waals surface area contributed by atoms with Crippen LogP contribution < -0.4 is 0 Å². The quantitative estimate of drug-likeness (QED) is 0.178. The molecule has 0 spiro atoms. The minimum Gasteiger partial charge on any atom is -0.309 e. The molecular weight excluding hydrogens is 774 g/mol. The van der Waals surface area contributed by atoms with E-state index in [1.807, 2.05) is 18.2 Å². The van der Waals surface area contributed by atoms with Crippen LogP contribution in [0.25, 0.3) is 66.1 Å². The lowest BCUT2D eigenvalue weighted by atomic mass is 9.85. The summed E-state index contributed by atoms with van der Waals surface area (Å²) in [5, 5.41) is 25.4. The van der Waals surface area contributed by atoms with Gasteiger partial charge in [-0.05, 0) is 128 Å². The van der Waals surface area contributed by atoms with Crippen molar-refractivity contribution in [2.45, 2.75) is 111 Å². The Kier molecular flexibility index (Phi) is 9.65. The van der Waals surface area contributed by atoms with Crippen molar-refractivity contribution in [2.24, 2.45) is 0 Å². The SMILES string of the molecule is CC(C)(C)c1ccc2c(c1)c1cc(C(C)(C)C)ccc1n2-c1cc(-c2cc(C#N)cc(C(F)(F)F)c2)c(-n2c3ccc(C(C)(C)C)cc3c3cc(C(C)(C)C)ccc32)cc1C#N. The second kappa shape index (κ2) is 14.1. The van der Waals surface area contributed by atoms with Crippen LogP contribution in [0.2, 0.25) is 0 Å². The molecule has 0 aliphatic heterocycles. The van der Waals surface area contributed by atoms with E-state index in [4.69, 9.17) is 0 Å². The zero-order valence-electron chi connectivity index (χ0n) is 37.7. The van der Waals surface area contributed by atoms with Crippen molar-refractivity contribution in [3.05, 3.63) is 142 Å². The fraction of sp³-hybridized carbons (Fsp3) is 0.309. The van der Waals surface area contributed by atoms with Crippen molar-refractivity contribution >= 4 is 43.6 Å². The lowest BCUT2D eigenvalue weighted by Crippen LogP contribution is -2.10. The lowest BCUT2D eigenvalue weighted by Gasteiger charge is -2.21. The molecule has 0 saturated heterocycles. The molecule has 0 unspecified atom stereocenters. The van der Waals surface area contributed by atoms with E-state index in [0.717, 1.165) is 78.0 Å². The molecule has 0 saturated carbocycles. The van der Waals surface area contributed by atoms with Crippen molar-refractivity contribution in [3.8, 4) is 34.6 Å². The zero-order valence-corrected chi connectivity index (χ0v) is 37.7. The molecule has 0 atom stereocenters. The van der Waals surface area contributed by atoms with Gasteiger partial charge in [-0.2, -0.15) is 23.7 Å². The summed E-state index contributed by atoms with van der Waals surface area (Å²) >= 11 is 0. The van der Waals surface area contributed by atoms with E-state index in [1.54, 1.807) is 0 Å². The molecule has 0 aliphatic rings. The van der Waals surface area contributed by atoms with Crippen LogP contribution in [0, 0.1) is 22.7 Å². The van der Waals surface area contributed by atoms with Crippen LogP contribution in [-0.4, -0.2) is 9.13 Å². The Morgan fingerprint density at radius 1 is 0.403 bits per heavy atom. The number of nitriles is 2. The monoisotopic (exact) mass is 826 g/mol. The third-order valence-corrected chi connectivity index (χ3v) is 12.4. The van der Waals surface area contributed by atoms with E-state index in [9.17, 15) is 23.7 Å². The fourth-order valence-electron chi connectivity index (χ4n) is 8.71. The normalized spacial score (nSPS) is 13.0. The summed E-state index contributed by atoms with van der Waals surface area (Å²) in [5.74, 6) is 0. The predicted octanol–water partition coefficient (Wildman–Crippen LogP) is 15.5. The summed E-state index contributed by atoms with van der Waals surface area (Å²) in [6.45, 7) is 26.1. The van der Waals surface area contributed by atoms with Crippen molar-refractivity contribution in [1.82, 2.24) is 9.13 Å². The minimum atomic E-state index is -4.71. The predicted molar refractivity (Wildman–Crippen MR) is 250 cm³/mol. The highest BCUT2D eigenvalue weighted by atomic mass is 19.4. The molecule has 2 heterocycles. The maximum absolute atomic E-state index is 14.7. The first-order valence-electron chi connectivity index (χ1n) is 21.2. The Morgan fingerprint density at radius 2 is 0.774 bits per heavy atom. The van der Waals surface area contributed by atoms with Gasteiger partial charge in [0.15, 0.2) is 0 Å². The van der Waals surface area contributed by atoms with Gasteiger partial charge >= 0.3 is 6.18 Å². The highest BCUT2D eigenvalue weighted by Gasteiger charge is 2.33. The molecule has 6 aromatic carbocycles. The summed E-state index contributed by atoms with van der Waals surface area (Å²) in [7, 11) is 0. The van der Waals surface area contributed by atoms with Gasteiger partial charge in [-0.25, -0.2) is 0 Å². The van der Waals surface area contributed by atoms with Crippen LogP contribution in [0.5, 0.6) is 0 Å². The molecule has 0 fully saturated rings. The molecule has 62 heavy (non-hydrogen) atoms. The molecule has 8 rings (SSSR count). The van der Waals surface area contributed by atoms with Crippen LogP contribution in [0.15, 0.2) is 103 Å². The average Bonchev–Trinajstić information content (AvgIpc) is 3.69. The van der Waals surface area contributed by atoms with Gasteiger partial charge in [0, 0.05) is 27.1 Å². The van der Waals surface area contributed by atoms with E-state index >= 15 is 0 Å². The smallest absolute Gasteiger partial charge is 0.309 e. The molecule has 8 aromatic rings. The van der Waals surface area contributed by atoms with E-state index in [1.165, 1.54) is 6.07 Å². The Labute approximate surface area is 362 Å². The molecule has 7 heteroatoms. The number of rotatable bonds is 3. The maximum Gasteiger partial charge on any atom is 0.416 e. The van der Waals surface area contributed by atoms with Crippen LogP contribution >= 0.6 is 0 Å². The molecule has 2 aromatic heterocycles. The first kappa shape index (κ1) is 42.4. The first-order valence-corrected chi connectivity index (χ1v) is 21.2. The first-order chi connectivity index (χ1) is 28.8. The second-order valence-corrected chi connectivity index (χ2v) is 21.0. The summed E-state index contributed by atoms with van der Waals surface area (Å²) < 4.78 is 48.3. The van der Waals surface area contributed by atoms with Gasteiger partial charge in [-0.15, -0.1) is 0 Å². The number of halogens is 3. The van der Waals surface area contributed by atoms with E-state index in [0.29, 0.717) is 22.5 Å². The van der Waals surface area contributed by atoms with E-state index < -0.39 is 11.7 Å². The zero-order chi connectivity index (χ0) is 45.1. The minimum absolute atomic E-state index is 0.111. The highest BCUT2D eigenvalue weighted by Crippen LogP contribution is 2.45. The largest absolute Gasteiger partial charge is 0.416 e. The molecule has 314 valence electrons. The van der Waals surface area contributed by atoms with Crippen molar-refractivity contribution in [3.63, 3.8) is 0 Å². The van der Waals surface area contributed by atoms with Crippen LogP contribution in [-0.2, 0) is 27.8 Å². The Bertz CT molecular complexity index is 3080. The summed E-state index contributed by atoms with van der Waals surface area (Å²) in [4.78, 5) is 0. The van der Waals surface area contributed by atoms with Crippen molar-refractivity contribution in [2.75, 3.05) is 0 Å². The standard InChI is InChI=1S/C55H53F3N4/c1-51(2,3)35-13-17-45-41(25-35)42-26-36(52(4,5)6)14-18-46(42)61(45)49-29-40(33-21-32(30-59)22-39(23-33)55(56,57)58)50(24-34(49)31-60)62-47-19-15-37(53(7,8)9)27-43(47)44-28-38(54(10,11)12)16-20-48(44)62/h13-29H,1-12H3. The van der Waals surface area contributed by atoms with E-state index in [-0.39, 0.29) is 32.8 Å². The van der Waals surface area contributed by atoms with Crippen molar-refractivity contribution < 1.29 is 13.2 Å². The Balaban J connectivity index is 1.55. The van der Waals surface area contributed by atoms with E-state index in [2.05, 4.69) is 171 Å². The fourth-order valence-corrected chi connectivity index (χ4v) is 8.71. The summed E-state index contributed by atoms with van der Waals surface area (Å²) in [6, 6.07) is 37.4. The number of hydrogen-bond acceptors (Lipinski definition) is 2. The maximum atomic E-state index is 14.7. The van der Waals surface area contributed by atoms with Gasteiger partial charge in [-0.3, -0.25) is 0 Å². The Hall–Kier alpha value is -6.31. The number of aromatic nitrogens is 2. The number of alkyl halides is 3. The van der Waals surface area contributed by atoms with Gasteiger partial charge in [-0.1, -0.05) is 107 Å². The molecular formula is C55H53F3N4. The number of benzene rings is 6. The highest BCUT2D eigenvalue weighted by molar-refractivity contribution is 6.12. The van der Waals surface area contributed by atoms with Crippen molar-refractivity contribution in [1.29, 1.82) is 10.5 Å². The topological polar surface area (TPSA) is 57.4 Å². The van der Waals surface area contributed by atoms with Crippen LogP contribution in [0.4, 0.5) is 13.2 Å². The molecule has 0 amide bonds. The average molecular weight is 827 g/mol. The summed E-state index contributed by atoms with van der Waals surface area (Å²) in [5.41, 5.74) is 8.53. The van der Waals surface area contributed by atoms with Gasteiger partial charge in [0.05, 0.1) is 56.2 Å². The Morgan fingerprint density at radius 3 is 1.10 bits per heavy atom. The number of fused-ring (bicyclic) bond motifs is 6. The van der Waals surface area contributed by atoms with Gasteiger partial charge < -0.3 is 9.13 Å². The molecule has 0 bridgehead atoms. The lowest BCUT2D eigenvalue weighted by molar-refractivity contribution is -0.137. The van der Waals surface area contributed by atoms with Gasteiger partial charge in [0.1, 0.15) is 6.07 Å². The number of nitrogens with zero attached hydrogens (tertiary/aromatic N) is 4. The second-order valence-electron chi connectivity index (χ2n) is 21.0. The van der Waals surface area contributed by atoms with Gasteiger partial charge in [0.2, 0.25) is 0 Å².